The lowest BCUT2D eigenvalue weighted by Crippen LogP contribution is -2.32. The van der Waals surface area contributed by atoms with Crippen molar-refractivity contribution in [3.05, 3.63) is 0 Å². The molecule has 3 N–H and O–H groups in total. The first-order valence-corrected chi connectivity index (χ1v) is 4.67. The molecule has 0 aromatic heterocycles. The van der Waals surface area contributed by atoms with Crippen LogP contribution in [0.4, 0.5) is 0 Å². The van der Waals surface area contributed by atoms with Crippen molar-refractivity contribution in [3.8, 4) is 0 Å². The minimum atomic E-state index is 0.106. The van der Waals surface area contributed by atoms with Crippen molar-refractivity contribution in [3.63, 3.8) is 0 Å². The van der Waals surface area contributed by atoms with Gasteiger partial charge in [-0.3, -0.25) is 4.79 Å². The Labute approximate surface area is 80.5 Å². The van der Waals surface area contributed by atoms with Crippen molar-refractivity contribution in [2.75, 3.05) is 33.7 Å². The van der Waals surface area contributed by atoms with Gasteiger partial charge < -0.3 is 16.0 Å². The fraction of sp³-hybridized carbons (Fsp3) is 0.889. The summed E-state index contributed by atoms with van der Waals surface area (Å²) in [6, 6.07) is 0. The molecule has 13 heavy (non-hydrogen) atoms. The van der Waals surface area contributed by atoms with Crippen molar-refractivity contribution < 1.29 is 4.79 Å². The molecule has 0 aliphatic carbocycles. The van der Waals surface area contributed by atoms with Crippen molar-refractivity contribution >= 4 is 5.91 Å². The maximum absolute atomic E-state index is 11.2. The lowest BCUT2D eigenvalue weighted by Gasteiger charge is -2.12. The summed E-state index contributed by atoms with van der Waals surface area (Å²) < 4.78 is 0. The highest BCUT2D eigenvalue weighted by molar-refractivity contribution is 5.76. The predicted octanol–water partition coefficient (Wildman–Crippen LogP) is -0.351. The number of nitrogens with two attached hydrogens (primary N) is 1. The van der Waals surface area contributed by atoms with Crippen LogP contribution >= 0.6 is 0 Å². The topological polar surface area (TPSA) is 58.4 Å². The molecule has 0 saturated heterocycles. The number of nitrogens with one attached hydrogen (secondary N) is 1. The molecule has 4 nitrogen and oxygen atoms in total. The van der Waals surface area contributed by atoms with Gasteiger partial charge >= 0.3 is 0 Å². The van der Waals surface area contributed by atoms with Crippen LogP contribution in [0, 0.1) is 5.92 Å². The van der Waals surface area contributed by atoms with Crippen LogP contribution in [0.5, 0.6) is 0 Å². The van der Waals surface area contributed by atoms with E-state index in [2.05, 4.69) is 5.32 Å². The largest absolute Gasteiger partial charge is 0.356 e. The second-order valence-corrected chi connectivity index (χ2v) is 3.70. The number of rotatable bonds is 6. The average molecular weight is 187 g/mol. The van der Waals surface area contributed by atoms with Gasteiger partial charge in [0, 0.05) is 19.5 Å². The molecule has 0 spiro atoms. The molecule has 0 aliphatic rings. The van der Waals surface area contributed by atoms with E-state index >= 15 is 0 Å². The first-order chi connectivity index (χ1) is 6.06. The van der Waals surface area contributed by atoms with Crippen LogP contribution in [0.1, 0.15) is 13.3 Å². The van der Waals surface area contributed by atoms with E-state index in [-0.39, 0.29) is 5.91 Å². The van der Waals surface area contributed by atoms with Crippen molar-refractivity contribution in [2.45, 2.75) is 13.3 Å². The summed E-state index contributed by atoms with van der Waals surface area (Å²) in [5, 5.41) is 2.84. The van der Waals surface area contributed by atoms with E-state index in [0.717, 1.165) is 6.54 Å². The third-order valence-corrected chi connectivity index (χ3v) is 1.84. The molecule has 0 aliphatic heterocycles. The molecule has 0 rings (SSSR count). The van der Waals surface area contributed by atoms with Crippen LogP contribution in [-0.4, -0.2) is 44.5 Å². The van der Waals surface area contributed by atoms with Crippen LogP contribution in [0.3, 0.4) is 0 Å². The molecule has 1 atom stereocenters. The minimum absolute atomic E-state index is 0.106. The van der Waals surface area contributed by atoms with Crippen LogP contribution < -0.4 is 11.1 Å². The molecule has 0 aromatic carbocycles. The van der Waals surface area contributed by atoms with Gasteiger partial charge in [-0.2, -0.15) is 0 Å². The van der Waals surface area contributed by atoms with Gasteiger partial charge in [-0.25, -0.2) is 0 Å². The van der Waals surface area contributed by atoms with E-state index in [0.29, 0.717) is 25.4 Å². The number of hydrogen-bond donors (Lipinski definition) is 2. The molecule has 1 unspecified atom stereocenters. The summed E-state index contributed by atoms with van der Waals surface area (Å²) in [6.07, 6.45) is 0.560. The van der Waals surface area contributed by atoms with Crippen LogP contribution in [0.15, 0.2) is 0 Å². The van der Waals surface area contributed by atoms with Crippen molar-refractivity contribution in [1.82, 2.24) is 10.2 Å². The van der Waals surface area contributed by atoms with Crippen LogP contribution in [0.25, 0.3) is 0 Å². The lowest BCUT2D eigenvalue weighted by atomic mass is 10.2. The fourth-order valence-corrected chi connectivity index (χ4v) is 0.785. The first kappa shape index (κ1) is 12.4. The summed E-state index contributed by atoms with van der Waals surface area (Å²) in [7, 11) is 3.91. The van der Waals surface area contributed by atoms with Crippen LogP contribution in [-0.2, 0) is 4.79 Å². The zero-order valence-corrected chi connectivity index (χ0v) is 8.84. The Morgan fingerprint density at radius 1 is 1.54 bits per heavy atom. The number of hydrogen-bond acceptors (Lipinski definition) is 3. The summed E-state index contributed by atoms with van der Waals surface area (Å²) >= 11 is 0. The van der Waals surface area contributed by atoms with E-state index < -0.39 is 0 Å². The van der Waals surface area contributed by atoms with E-state index in [9.17, 15) is 4.79 Å². The zero-order chi connectivity index (χ0) is 10.3. The number of nitrogens with zero attached hydrogens (tertiary/aromatic N) is 1. The van der Waals surface area contributed by atoms with Gasteiger partial charge in [0.1, 0.15) is 0 Å². The molecule has 0 bridgehead atoms. The highest BCUT2D eigenvalue weighted by atomic mass is 16.1. The van der Waals surface area contributed by atoms with Gasteiger partial charge in [0.2, 0.25) is 5.91 Å². The van der Waals surface area contributed by atoms with Gasteiger partial charge in [0.25, 0.3) is 0 Å². The second kappa shape index (κ2) is 6.86. The van der Waals surface area contributed by atoms with E-state index in [1.54, 1.807) is 0 Å². The van der Waals surface area contributed by atoms with Crippen LogP contribution in [0.2, 0.25) is 0 Å². The minimum Gasteiger partial charge on any atom is -0.356 e. The lowest BCUT2D eigenvalue weighted by molar-refractivity contribution is -0.121. The third kappa shape index (κ3) is 7.74. The SMILES string of the molecule is CC(CN)CNC(=O)CCN(C)C. The van der Waals surface area contributed by atoms with Crippen molar-refractivity contribution in [2.24, 2.45) is 11.7 Å². The average Bonchev–Trinajstić information content (AvgIpc) is 2.10. The monoisotopic (exact) mass is 187 g/mol. The van der Waals surface area contributed by atoms with E-state index in [4.69, 9.17) is 5.73 Å². The van der Waals surface area contributed by atoms with Gasteiger partial charge in [0.05, 0.1) is 0 Å². The molecule has 0 heterocycles. The number of amides is 1. The highest BCUT2D eigenvalue weighted by Crippen LogP contribution is 1.89. The highest BCUT2D eigenvalue weighted by Gasteiger charge is 2.03. The molecule has 0 saturated carbocycles. The van der Waals surface area contributed by atoms with Crippen molar-refractivity contribution in [1.29, 1.82) is 0 Å². The summed E-state index contributed by atoms with van der Waals surface area (Å²) in [5.41, 5.74) is 5.42. The molecule has 78 valence electrons. The fourth-order valence-electron chi connectivity index (χ4n) is 0.785. The standard InChI is InChI=1S/C9H21N3O/c1-8(6-10)7-11-9(13)4-5-12(2)3/h8H,4-7,10H2,1-3H3,(H,11,13). The van der Waals surface area contributed by atoms with E-state index in [1.807, 2.05) is 25.9 Å². The Morgan fingerprint density at radius 3 is 2.62 bits per heavy atom. The molecular weight excluding hydrogens is 166 g/mol. The Hall–Kier alpha value is -0.610. The third-order valence-electron chi connectivity index (χ3n) is 1.84. The molecule has 0 aromatic rings. The Morgan fingerprint density at radius 2 is 2.15 bits per heavy atom. The zero-order valence-electron chi connectivity index (χ0n) is 8.84. The smallest absolute Gasteiger partial charge is 0.221 e. The second-order valence-electron chi connectivity index (χ2n) is 3.70. The molecule has 0 fully saturated rings. The Balaban J connectivity index is 3.40. The Bertz CT molecular complexity index is 148. The number of carbonyl (C=O) groups is 1. The maximum Gasteiger partial charge on any atom is 0.221 e. The first-order valence-electron chi connectivity index (χ1n) is 4.67. The molecule has 1 amide bonds. The van der Waals surface area contributed by atoms with Gasteiger partial charge in [-0.05, 0) is 26.6 Å². The molecule has 0 radical (unpaired) electrons. The maximum atomic E-state index is 11.2. The molecule has 4 heteroatoms. The summed E-state index contributed by atoms with van der Waals surface area (Å²) in [6.45, 7) is 4.12. The van der Waals surface area contributed by atoms with Gasteiger partial charge in [0.15, 0.2) is 0 Å². The van der Waals surface area contributed by atoms with E-state index in [1.165, 1.54) is 0 Å². The van der Waals surface area contributed by atoms with Gasteiger partial charge in [-0.15, -0.1) is 0 Å². The van der Waals surface area contributed by atoms with Gasteiger partial charge in [-0.1, -0.05) is 6.92 Å². The normalized spacial score (nSPS) is 13.0. The molecular formula is C9H21N3O. The Kier molecular flexibility index (Phi) is 6.54. The quantitative estimate of drug-likeness (QED) is 0.597. The predicted molar refractivity (Wildman–Crippen MR) is 54.4 cm³/mol. The summed E-state index contributed by atoms with van der Waals surface area (Å²) in [5.74, 6) is 0.470. The summed E-state index contributed by atoms with van der Waals surface area (Å²) in [4.78, 5) is 13.2. The number of carbonyl (C=O) groups excluding carboxylic acids is 1.